The zero-order valence-corrected chi connectivity index (χ0v) is 11.5. The predicted octanol–water partition coefficient (Wildman–Crippen LogP) is 1.41. The van der Waals surface area contributed by atoms with Crippen LogP contribution in [0.3, 0.4) is 0 Å². The summed E-state index contributed by atoms with van der Waals surface area (Å²) in [5.74, 6) is -0.735. The molecule has 0 bridgehead atoms. The SMILES string of the molecule is CNC(C)Nc1ccc(C(=O)OC)c(NC(C)=O)c1. The first-order valence-electron chi connectivity index (χ1n) is 5.91. The first-order valence-corrected chi connectivity index (χ1v) is 5.91. The van der Waals surface area contributed by atoms with Crippen LogP contribution in [0.25, 0.3) is 0 Å². The Morgan fingerprint density at radius 2 is 2.00 bits per heavy atom. The zero-order chi connectivity index (χ0) is 14.4. The molecule has 104 valence electrons. The van der Waals surface area contributed by atoms with E-state index in [1.54, 1.807) is 18.2 Å². The fourth-order valence-corrected chi connectivity index (χ4v) is 1.54. The Bertz CT molecular complexity index is 474. The quantitative estimate of drug-likeness (QED) is 0.554. The van der Waals surface area contributed by atoms with Gasteiger partial charge in [-0.25, -0.2) is 4.79 Å². The summed E-state index contributed by atoms with van der Waals surface area (Å²) >= 11 is 0. The molecule has 3 N–H and O–H groups in total. The molecule has 0 radical (unpaired) electrons. The fourth-order valence-electron chi connectivity index (χ4n) is 1.54. The van der Waals surface area contributed by atoms with Crippen molar-refractivity contribution in [1.82, 2.24) is 5.32 Å². The van der Waals surface area contributed by atoms with Crippen LogP contribution < -0.4 is 16.0 Å². The fraction of sp³-hybridized carbons (Fsp3) is 0.385. The number of hydrogen-bond donors (Lipinski definition) is 3. The topological polar surface area (TPSA) is 79.5 Å². The monoisotopic (exact) mass is 265 g/mol. The Balaban J connectivity index is 3.07. The molecule has 6 nitrogen and oxygen atoms in total. The summed E-state index contributed by atoms with van der Waals surface area (Å²) in [5.41, 5.74) is 1.53. The average Bonchev–Trinajstić information content (AvgIpc) is 2.37. The second kappa shape index (κ2) is 6.75. The Morgan fingerprint density at radius 3 is 2.53 bits per heavy atom. The number of carbonyl (C=O) groups excluding carboxylic acids is 2. The van der Waals surface area contributed by atoms with Gasteiger partial charge in [0.1, 0.15) is 0 Å². The van der Waals surface area contributed by atoms with Crippen molar-refractivity contribution in [2.24, 2.45) is 0 Å². The van der Waals surface area contributed by atoms with E-state index in [2.05, 4.69) is 20.7 Å². The summed E-state index contributed by atoms with van der Waals surface area (Å²) in [6.45, 7) is 3.34. The van der Waals surface area contributed by atoms with Crippen LogP contribution in [0, 0.1) is 0 Å². The minimum Gasteiger partial charge on any atom is -0.465 e. The maximum Gasteiger partial charge on any atom is 0.339 e. The van der Waals surface area contributed by atoms with Crippen LogP contribution in [0.2, 0.25) is 0 Å². The van der Waals surface area contributed by atoms with E-state index in [9.17, 15) is 9.59 Å². The molecule has 0 fully saturated rings. The van der Waals surface area contributed by atoms with E-state index in [-0.39, 0.29) is 12.1 Å². The van der Waals surface area contributed by atoms with E-state index in [1.807, 2.05) is 14.0 Å². The van der Waals surface area contributed by atoms with Gasteiger partial charge < -0.3 is 20.7 Å². The van der Waals surface area contributed by atoms with Gasteiger partial charge in [-0.15, -0.1) is 0 Å². The van der Waals surface area contributed by atoms with E-state index in [1.165, 1.54) is 14.0 Å². The molecule has 19 heavy (non-hydrogen) atoms. The normalized spacial score (nSPS) is 11.6. The molecule has 1 rings (SSSR count). The van der Waals surface area contributed by atoms with Gasteiger partial charge in [-0.1, -0.05) is 0 Å². The number of amides is 1. The van der Waals surface area contributed by atoms with Crippen molar-refractivity contribution in [1.29, 1.82) is 0 Å². The van der Waals surface area contributed by atoms with Crippen LogP contribution in [0.1, 0.15) is 24.2 Å². The van der Waals surface area contributed by atoms with Crippen molar-refractivity contribution in [2.75, 3.05) is 24.8 Å². The molecular formula is C13H19N3O3. The van der Waals surface area contributed by atoms with E-state index in [0.29, 0.717) is 11.3 Å². The highest BCUT2D eigenvalue weighted by Gasteiger charge is 2.13. The van der Waals surface area contributed by atoms with E-state index in [0.717, 1.165) is 5.69 Å². The van der Waals surface area contributed by atoms with Crippen molar-refractivity contribution >= 4 is 23.3 Å². The van der Waals surface area contributed by atoms with Crippen LogP contribution in [0.5, 0.6) is 0 Å². The van der Waals surface area contributed by atoms with Gasteiger partial charge in [0.2, 0.25) is 5.91 Å². The van der Waals surface area contributed by atoms with Gasteiger partial charge in [-0.2, -0.15) is 0 Å². The van der Waals surface area contributed by atoms with Crippen LogP contribution in [-0.4, -0.2) is 32.2 Å². The number of benzene rings is 1. The number of carbonyl (C=O) groups is 2. The summed E-state index contributed by atoms with van der Waals surface area (Å²) in [5, 5.41) is 8.83. The number of nitrogens with one attached hydrogen (secondary N) is 3. The predicted molar refractivity (Wildman–Crippen MR) is 74.2 cm³/mol. The average molecular weight is 265 g/mol. The van der Waals surface area contributed by atoms with E-state index < -0.39 is 5.97 Å². The molecular weight excluding hydrogens is 246 g/mol. The van der Waals surface area contributed by atoms with E-state index >= 15 is 0 Å². The maximum atomic E-state index is 11.6. The van der Waals surface area contributed by atoms with Gasteiger partial charge in [-0.05, 0) is 32.2 Å². The van der Waals surface area contributed by atoms with Crippen molar-refractivity contribution in [3.8, 4) is 0 Å². The number of anilines is 2. The van der Waals surface area contributed by atoms with Crippen molar-refractivity contribution in [2.45, 2.75) is 20.0 Å². The minimum atomic E-state index is -0.489. The maximum absolute atomic E-state index is 11.6. The molecule has 0 saturated heterocycles. The highest BCUT2D eigenvalue weighted by atomic mass is 16.5. The Labute approximate surface area is 112 Å². The van der Waals surface area contributed by atoms with Crippen LogP contribution in [0.15, 0.2) is 18.2 Å². The molecule has 0 aliphatic carbocycles. The van der Waals surface area contributed by atoms with Crippen molar-refractivity contribution in [3.05, 3.63) is 23.8 Å². The number of ether oxygens (including phenoxy) is 1. The lowest BCUT2D eigenvalue weighted by Crippen LogP contribution is -2.29. The summed E-state index contributed by atoms with van der Waals surface area (Å²) in [6.07, 6.45) is 0.0640. The summed E-state index contributed by atoms with van der Waals surface area (Å²) in [7, 11) is 3.13. The number of esters is 1. The van der Waals surface area contributed by atoms with Crippen LogP contribution in [0.4, 0.5) is 11.4 Å². The second-order valence-corrected chi connectivity index (χ2v) is 4.09. The van der Waals surface area contributed by atoms with Crippen molar-refractivity contribution in [3.63, 3.8) is 0 Å². The van der Waals surface area contributed by atoms with Gasteiger partial charge in [-0.3, -0.25) is 4.79 Å². The Hall–Kier alpha value is -2.08. The second-order valence-electron chi connectivity index (χ2n) is 4.09. The molecule has 1 aromatic rings. The minimum absolute atomic E-state index is 0.0640. The van der Waals surface area contributed by atoms with Crippen LogP contribution in [-0.2, 0) is 9.53 Å². The molecule has 0 spiro atoms. The third-order valence-electron chi connectivity index (χ3n) is 2.55. The molecule has 0 saturated carbocycles. The van der Waals surface area contributed by atoms with Crippen LogP contribution >= 0.6 is 0 Å². The highest BCUT2D eigenvalue weighted by molar-refractivity contribution is 6.01. The molecule has 1 amide bonds. The van der Waals surface area contributed by atoms with Gasteiger partial charge in [0.05, 0.1) is 24.5 Å². The molecule has 1 unspecified atom stereocenters. The number of rotatable bonds is 5. The van der Waals surface area contributed by atoms with E-state index in [4.69, 9.17) is 0 Å². The number of methoxy groups -OCH3 is 1. The molecule has 1 aromatic carbocycles. The van der Waals surface area contributed by atoms with Gasteiger partial charge >= 0.3 is 5.97 Å². The third kappa shape index (κ3) is 4.26. The van der Waals surface area contributed by atoms with Gasteiger partial charge in [0.15, 0.2) is 0 Å². The molecule has 0 aromatic heterocycles. The molecule has 0 aliphatic heterocycles. The van der Waals surface area contributed by atoms with Gasteiger partial charge in [0.25, 0.3) is 0 Å². The lowest BCUT2D eigenvalue weighted by molar-refractivity contribution is -0.114. The van der Waals surface area contributed by atoms with Gasteiger partial charge in [0, 0.05) is 12.6 Å². The summed E-state index contributed by atoms with van der Waals surface area (Å²) < 4.78 is 4.68. The number of hydrogen-bond acceptors (Lipinski definition) is 5. The van der Waals surface area contributed by atoms with Crippen molar-refractivity contribution < 1.29 is 14.3 Å². The smallest absolute Gasteiger partial charge is 0.339 e. The lowest BCUT2D eigenvalue weighted by Gasteiger charge is -2.16. The third-order valence-corrected chi connectivity index (χ3v) is 2.55. The highest BCUT2D eigenvalue weighted by Crippen LogP contribution is 2.22. The Morgan fingerprint density at radius 1 is 1.32 bits per heavy atom. The standard InChI is InChI=1S/C13H19N3O3/c1-8(14-3)15-10-5-6-11(13(18)19-4)12(7-10)16-9(2)17/h5-8,14-15H,1-4H3,(H,16,17). The first-order chi connectivity index (χ1) is 8.97. The molecule has 6 heteroatoms. The molecule has 0 aliphatic rings. The molecule has 0 heterocycles. The lowest BCUT2D eigenvalue weighted by atomic mass is 10.1. The summed E-state index contributed by atoms with van der Waals surface area (Å²) in [6, 6.07) is 5.06. The Kier molecular flexibility index (Phi) is 5.32. The first kappa shape index (κ1) is 15.0. The molecule has 1 atom stereocenters. The largest absolute Gasteiger partial charge is 0.465 e. The summed E-state index contributed by atoms with van der Waals surface area (Å²) in [4.78, 5) is 22.8. The zero-order valence-electron chi connectivity index (χ0n) is 11.5.